The molecule has 0 saturated carbocycles. The quantitative estimate of drug-likeness (QED) is 0.746. The monoisotopic (exact) mass is 342 g/mol. The second-order valence-electron chi connectivity index (χ2n) is 6.04. The van der Waals surface area contributed by atoms with Crippen molar-refractivity contribution in [3.05, 3.63) is 53.8 Å². The smallest absolute Gasteiger partial charge is 0.271 e. The van der Waals surface area contributed by atoms with E-state index in [1.165, 1.54) is 11.3 Å². The molecule has 6 nitrogen and oxygen atoms in total. The number of carbonyl (C=O) groups excluding carboxylic acids is 1. The lowest BCUT2D eigenvalue weighted by atomic mass is 10.1. The lowest BCUT2D eigenvalue weighted by Gasteiger charge is -2.22. The molecule has 0 radical (unpaired) electrons. The van der Waals surface area contributed by atoms with Crippen LogP contribution < -0.4 is 5.32 Å². The van der Waals surface area contributed by atoms with Gasteiger partial charge in [-0.1, -0.05) is 18.2 Å². The molecule has 124 valence electrons. The minimum Gasteiger partial charge on any atom is -0.394 e. The van der Waals surface area contributed by atoms with Gasteiger partial charge in [-0.2, -0.15) is 5.10 Å². The van der Waals surface area contributed by atoms with Gasteiger partial charge in [0.05, 0.1) is 24.0 Å². The Bertz CT molecular complexity index is 839. The van der Waals surface area contributed by atoms with Crippen LogP contribution in [-0.2, 0) is 0 Å². The Kier molecular flexibility index (Phi) is 4.46. The predicted octanol–water partition coefficient (Wildman–Crippen LogP) is 2.50. The van der Waals surface area contributed by atoms with E-state index in [1.54, 1.807) is 30.1 Å². The van der Waals surface area contributed by atoms with Gasteiger partial charge >= 0.3 is 0 Å². The maximum absolute atomic E-state index is 12.2. The van der Waals surface area contributed by atoms with Gasteiger partial charge in [-0.05, 0) is 26.0 Å². The third-order valence-corrected chi connectivity index (χ3v) is 4.33. The van der Waals surface area contributed by atoms with Gasteiger partial charge in [0.15, 0.2) is 0 Å². The molecule has 3 rings (SSSR count). The number of amides is 1. The van der Waals surface area contributed by atoms with Crippen molar-refractivity contribution in [2.45, 2.75) is 19.4 Å². The van der Waals surface area contributed by atoms with Crippen molar-refractivity contribution in [3.63, 3.8) is 0 Å². The van der Waals surface area contributed by atoms with E-state index in [1.807, 2.05) is 36.5 Å². The number of benzene rings is 1. The van der Waals surface area contributed by atoms with Crippen LogP contribution in [0.2, 0.25) is 0 Å². The maximum Gasteiger partial charge on any atom is 0.271 e. The van der Waals surface area contributed by atoms with Crippen LogP contribution in [0.5, 0.6) is 0 Å². The second-order valence-corrected chi connectivity index (χ2v) is 6.90. The van der Waals surface area contributed by atoms with Gasteiger partial charge < -0.3 is 10.4 Å². The third-order valence-electron chi connectivity index (χ3n) is 3.43. The highest BCUT2D eigenvalue weighted by atomic mass is 32.1. The summed E-state index contributed by atoms with van der Waals surface area (Å²) in [6.07, 6.45) is 3.61. The number of hydrogen-bond donors (Lipinski definition) is 2. The number of carbonyl (C=O) groups is 1. The summed E-state index contributed by atoms with van der Waals surface area (Å²) in [6, 6.07) is 9.79. The van der Waals surface area contributed by atoms with Crippen LogP contribution in [0.25, 0.3) is 16.3 Å². The molecule has 0 spiro atoms. The molecule has 1 aromatic carbocycles. The fraction of sp³-hybridized carbons (Fsp3) is 0.235. The van der Waals surface area contributed by atoms with Crippen LogP contribution >= 0.6 is 11.3 Å². The van der Waals surface area contributed by atoms with Gasteiger partial charge in [0.1, 0.15) is 10.7 Å². The molecule has 0 atom stereocenters. The second kappa shape index (κ2) is 6.54. The number of para-hydroxylation sites is 1. The fourth-order valence-electron chi connectivity index (χ4n) is 2.08. The average Bonchev–Trinajstić information content (AvgIpc) is 3.24. The largest absolute Gasteiger partial charge is 0.394 e. The molecule has 3 aromatic rings. The number of aliphatic hydroxyl groups excluding tert-OH is 1. The van der Waals surface area contributed by atoms with Gasteiger partial charge in [0, 0.05) is 17.1 Å². The Hall–Kier alpha value is -2.51. The van der Waals surface area contributed by atoms with E-state index in [-0.39, 0.29) is 12.5 Å². The number of hydrogen-bond acceptors (Lipinski definition) is 5. The molecule has 0 saturated heterocycles. The van der Waals surface area contributed by atoms with Crippen molar-refractivity contribution in [3.8, 4) is 16.3 Å². The summed E-state index contributed by atoms with van der Waals surface area (Å²) in [5.41, 5.74) is 1.47. The molecule has 7 heteroatoms. The summed E-state index contributed by atoms with van der Waals surface area (Å²) in [4.78, 5) is 16.6. The molecule has 1 amide bonds. The Labute approximate surface area is 143 Å². The van der Waals surface area contributed by atoms with E-state index in [4.69, 9.17) is 0 Å². The molecule has 0 bridgehead atoms. The molecule has 0 aliphatic carbocycles. The van der Waals surface area contributed by atoms with E-state index in [0.29, 0.717) is 5.69 Å². The maximum atomic E-state index is 12.2. The Morgan fingerprint density at radius 3 is 2.79 bits per heavy atom. The minimum atomic E-state index is -0.681. The topological polar surface area (TPSA) is 80.0 Å². The van der Waals surface area contributed by atoms with E-state index in [2.05, 4.69) is 15.4 Å². The lowest BCUT2D eigenvalue weighted by molar-refractivity contribution is 0.0865. The average molecular weight is 342 g/mol. The Morgan fingerprint density at radius 1 is 1.33 bits per heavy atom. The number of thiazole rings is 1. The zero-order valence-corrected chi connectivity index (χ0v) is 14.2. The minimum absolute atomic E-state index is 0.139. The van der Waals surface area contributed by atoms with Crippen molar-refractivity contribution in [1.29, 1.82) is 0 Å². The lowest BCUT2D eigenvalue weighted by Crippen LogP contribution is -2.46. The summed E-state index contributed by atoms with van der Waals surface area (Å²) in [5.74, 6) is -0.299. The molecule has 0 aliphatic rings. The standard InChI is InChI=1S/C17H18N4O2S/c1-17(2,11-22)20-15(23)14-10-24-16(19-14)12-8-18-21(9-12)13-6-4-3-5-7-13/h3-10,22H,11H2,1-2H3,(H,20,23). The third kappa shape index (κ3) is 3.52. The molecule has 2 heterocycles. The first-order valence-electron chi connectivity index (χ1n) is 7.48. The van der Waals surface area contributed by atoms with E-state index >= 15 is 0 Å². The summed E-state index contributed by atoms with van der Waals surface area (Å²) in [5, 5.41) is 18.8. The highest BCUT2D eigenvalue weighted by molar-refractivity contribution is 7.13. The van der Waals surface area contributed by atoms with Crippen molar-refractivity contribution in [2.75, 3.05) is 6.61 Å². The number of aromatic nitrogens is 3. The summed E-state index contributed by atoms with van der Waals surface area (Å²) >= 11 is 1.39. The van der Waals surface area contributed by atoms with Crippen LogP contribution in [-0.4, -0.2) is 37.9 Å². The number of aliphatic hydroxyl groups is 1. The van der Waals surface area contributed by atoms with Gasteiger partial charge in [-0.3, -0.25) is 4.79 Å². The SMILES string of the molecule is CC(C)(CO)NC(=O)c1csc(-c2cnn(-c3ccccc3)c2)n1. The molecule has 2 aromatic heterocycles. The molecule has 2 N–H and O–H groups in total. The van der Waals surface area contributed by atoms with Gasteiger partial charge in [-0.15, -0.1) is 11.3 Å². The summed E-state index contributed by atoms with van der Waals surface area (Å²) < 4.78 is 1.77. The first-order chi connectivity index (χ1) is 11.5. The Balaban J connectivity index is 1.79. The van der Waals surface area contributed by atoms with E-state index < -0.39 is 5.54 Å². The van der Waals surface area contributed by atoms with Crippen LogP contribution in [0.1, 0.15) is 24.3 Å². The highest BCUT2D eigenvalue weighted by Crippen LogP contribution is 2.24. The highest BCUT2D eigenvalue weighted by Gasteiger charge is 2.22. The van der Waals surface area contributed by atoms with Crippen molar-refractivity contribution >= 4 is 17.2 Å². The van der Waals surface area contributed by atoms with Gasteiger partial charge in [0.25, 0.3) is 5.91 Å². The van der Waals surface area contributed by atoms with Crippen LogP contribution in [0.4, 0.5) is 0 Å². The molecule has 0 aliphatic heterocycles. The van der Waals surface area contributed by atoms with Crippen LogP contribution in [0.3, 0.4) is 0 Å². The van der Waals surface area contributed by atoms with Crippen LogP contribution in [0.15, 0.2) is 48.1 Å². The molecule has 24 heavy (non-hydrogen) atoms. The number of rotatable bonds is 5. The molecular weight excluding hydrogens is 324 g/mol. The van der Waals surface area contributed by atoms with Crippen molar-refractivity contribution < 1.29 is 9.90 Å². The molecule has 0 fully saturated rings. The van der Waals surface area contributed by atoms with Gasteiger partial charge in [-0.25, -0.2) is 9.67 Å². The summed E-state index contributed by atoms with van der Waals surface area (Å²) in [7, 11) is 0. The first-order valence-corrected chi connectivity index (χ1v) is 8.36. The normalized spacial score (nSPS) is 11.5. The zero-order valence-electron chi connectivity index (χ0n) is 13.4. The molecular formula is C17H18N4O2S. The zero-order chi connectivity index (χ0) is 17.2. The molecule has 0 unspecified atom stereocenters. The van der Waals surface area contributed by atoms with Crippen molar-refractivity contribution in [1.82, 2.24) is 20.1 Å². The first kappa shape index (κ1) is 16.4. The fourth-order valence-corrected chi connectivity index (χ4v) is 2.85. The number of nitrogens with one attached hydrogen (secondary N) is 1. The predicted molar refractivity (Wildman–Crippen MR) is 93.3 cm³/mol. The van der Waals surface area contributed by atoms with Gasteiger partial charge in [0.2, 0.25) is 0 Å². The Morgan fingerprint density at radius 2 is 2.08 bits per heavy atom. The van der Waals surface area contributed by atoms with E-state index in [0.717, 1.165) is 16.3 Å². The van der Waals surface area contributed by atoms with Crippen LogP contribution in [0, 0.1) is 0 Å². The number of nitrogens with zero attached hydrogens (tertiary/aromatic N) is 3. The van der Waals surface area contributed by atoms with E-state index in [9.17, 15) is 9.90 Å². The van der Waals surface area contributed by atoms with Crippen molar-refractivity contribution in [2.24, 2.45) is 0 Å². The summed E-state index contributed by atoms with van der Waals surface area (Å²) in [6.45, 7) is 3.36.